The Kier molecular flexibility index (Phi) is 5.69. The minimum absolute atomic E-state index is 0.101. The molecule has 2 N–H and O–H groups in total. The number of rotatable bonds is 4. The summed E-state index contributed by atoms with van der Waals surface area (Å²) in [4.78, 5) is 37.3. The molecule has 0 unspecified atom stereocenters. The summed E-state index contributed by atoms with van der Waals surface area (Å²) in [5.41, 5.74) is 0.104. The molecule has 2 amide bonds. The first-order chi connectivity index (χ1) is 12.9. The Balaban J connectivity index is 2.30. The van der Waals surface area contributed by atoms with E-state index in [1.807, 2.05) is 0 Å². The van der Waals surface area contributed by atoms with Gasteiger partial charge >= 0.3 is 0 Å². The van der Waals surface area contributed by atoms with Gasteiger partial charge in [0.1, 0.15) is 11.9 Å². The maximum atomic E-state index is 13.4. The van der Waals surface area contributed by atoms with Gasteiger partial charge in [-0.05, 0) is 51.5 Å². The van der Waals surface area contributed by atoms with E-state index in [1.54, 1.807) is 40.8 Å². The molecular formula is C20H21FN4O3. The van der Waals surface area contributed by atoms with E-state index in [2.05, 4.69) is 10.6 Å². The second kappa shape index (κ2) is 7.64. The largest absolute Gasteiger partial charge is 0.347 e. The van der Waals surface area contributed by atoms with Gasteiger partial charge in [0.25, 0.3) is 17.6 Å². The van der Waals surface area contributed by atoms with Crippen molar-refractivity contribution in [3.05, 3.63) is 52.6 Å². The van der Waals surface area contributed by atoms with Crippen molar-refractivity contribution < 1.29 is 18.8 Å². The molecular weight excluding hydrogens is 363 g/mol. The first-order valence-electron chi connectivity index (χ1n) is 8.48. The van der Waals surface area contributed by atoms with Crippen LogP contribution < -0.4 is 10.6 Å². The molecule has 0 atom stereocenters. The molecule has 0 spiro atoms. The number of hydrogen-bond acceptors (Lipinski definition) is 4. The third-order valence-electron chi connectivity index (χ3n) is 3.93. The highest BCUT2D eigenvalue weighted by molar-refractivity contribution is 6.43. The summed E-state index contributed by atoms with van der Waals surface area (Å²) in [6.45, 7) is 6.84. The van der Waals surface area contributed by atoms with Crippen LogP contribution in [0.1, 0.15) is 52.7 Å². The molecule has 0 aliphatic heterocycles. The highest BCUT2D eigenvalue weighted by Gasteiger charge is 2.28. The average molecular weight is 384 g/mol. The number of Topliss-reactive ketones (excluding diaryl/α,β-unsaturated/α-hetero) is 1. The number of aryl methyl sites for hydroxylation is 1. The SMILES string of the molecule is Cc1c(C(=O)Nc2ccc(F)c(C#N)c2)cn(C)c1C(=O)C(=O)NC(C)(C)C. The summed E-state index contributed by atoms with van der Waals surface area (Å²) >= 11 is 0. The van der Waals surface area contributed by atoms with Crippen LogP contribution in [-0.4, -0.2) is 27.7 Å². The minimum atomic E-state index is -0.763. The molecule has 1 heterocycles. The maximum Gasteiger partial charge on any atom is 0.294 e. The van der Waals surface area contributed by atoms with Crippen LogP contribution in [0.5, 0.6) is 0 Å². The molecule has 2 rings (SSSR count). The van der Waals surface area contributed by atoms with Crippen molar-refractivity contribution in [1.82, 2.24) is 9.88 Å². The molecule has 0 radical (unpaired) electrons. The van der Waals surface area contributed by atoms with Gasteiger partial charge in [-0.1, -0.05) is 0 Å². The van der Waals surface area contributed by atoms with E-state index < -0.39 is 29.0 Å². The molecule has 0 aliphatic carbocycles. The first-order valence-corrected chi connectivity index (χ1v) is 8.48. The number of carbonyl (C=O) groups is 3. The van der Waals surface area contributed by atoms with Crippen LogP contribution in [-0.2, 0) is 11.8 Å². The van der Waals surface area contributed by atoms with Gasteiger partial charge in [-0.25, -0.2) is 4.39 Å². The lowest BCUT2D eigenvalue weighted by atomic mass is 10.1. The van der Waals surface area contributed by atoms with Gasteiger partial charge < -0.3 is 15.2 Å². The number of halogens is 1. The van der Waals surface area contributed by atoms with Crippen molar-refractivity contribution in [3.63, 3.8) is 0 Å². The number of nitrogens with one attached hydrogen (secondary N) is 2. The van der Waals surface area contributed by atoms with Crippen LogP contribution in [0.3, 0.4) is 0 Å². The zero-order valence-electron chi connectivity index (χ0n) is 16.3. The highest BCUT2D eigenvalue weighted by atomic mass is 19.1. The predicted molar refractivity (Wildman–Crippen MR) is 101 cm³/mol. The third kappa shape index (κ3) is 4.43. The van der Waals surface area contributed by atoms with Crippen LogP contribution in [0.15, 0.2) is 24.4 Å². The summed E-state index contributed by atoms with van der Waals surface area (Å²) in [7, 11) is 1.56. The van der Waals surface area contributed by atoms with Crippen molar-refractivity contribution in [1.29, 1.82) is 5.26 Å². The molecule has 0 aliphatic rings. The highest BCUT2D eigenvalue weighted by Crippen LogP contribution is 2.20. The maximum absolute atomic E-state index is 13.4. The molecule has 7 nitrogen and oxygen atoms in total. The van der Waals surface area contributed by atoms with Crippen LogP contribution in [0, 0.1) is 24.1 Å². The Bertz CT molecular complexity index is 1010. The van der Waals surface area contributed by atoms with Gasteiger partial charge in [0.15, 0.2) is 0 Å². The Morgan fingerprint density at radius 2 is 1.86 bits per heavy atom. The van der Waals surface area contributed by atoms with E-state index in [1.165, 1.54) is 22.9 Å². The lowest BCUT2D eigenvalue weighted by Crippen LogP contribution is -2.44. The lowest BCUT2D eigenvalue weighted by molar-refractivity contribution is -0.118. The Hall–Kier alpha value is -3.47. The predicted octanol–water partition coefficient (Wildman–Crippen LogP) is 2.69. The number of aromatic nitrogens is 1. The molecule has 8 heteroatoms. The number of benzene rings is 1. The zero-order chi connectivity index (χ0) is 21.2. The first kappa shape index (κ1) is 20.8. The Morgan fingerprint density at radius 3 is 2.43 bits per heavy atom. The van der Waals surface area contributed by atoms with Gasteiger partial charge in [-0.15, -0.1) is 0 Å². The second-order valence-corrected chi connectivity index (χ2v) is 7.42. The van der Waals surface area contributed by atoms with Crippen molar-refractivity contribution >= 4 is 23.3 Å². The van der Waals surface area contributed by atoms with Crippen LogP contribution in [0.4, 0.5) is 10.1 Å². The van der Waals surface area contributed by atoms with Gasteiger partial charge in [-0.3, -0.25) is 14.4 Å². The zero-order valence-corrected chi connectivity index (χ0v) is 16.3. The monoisotopic (exact) mass is 384 g/mol. The summed E-state index contributed by atoms with van der Waals surface area (Å²) in [6, 6.07) is 5.33. The fourth-order valence-electron chi connectivity index (χ4n) is 2.70. The van der Waals surface area contributed by atoms with Crippen molar-refractivity contribution in [3.8, 4) is 6.07 Å². The number of carbonyl (C=O) groups excluding carboxylic acids is 3. The molecule has 28 heavy (non-hydrogen) atoms. The van der Waals surface area contributed by atoms with Crippen molar-refractivity contribution in [2.45, 2.75) is 33.2 Å². The van der Waals surface area contributed by atoms with Crippen LogP contribution in [0.25, 0.3) is 0 Å². The third-order valence-corrected chi connectivity index (χ3v) is 3.93. The lowest BCUT2D eigenvalue weighted by Gasteiger charge is -2.20. The Labute approximate surface area is 162 Å². The summed E-state index contributed by atoms with van der Waals surface area (Å²) in [5, 5.41) is 14.1. The molecule has 0 saturated carbocycles. The molecule has 1 aromatic carbocycles. The topological polar surface area (TPSA) is 104 Å². The van der Waals surface area contributed by atoms with E-state index in [0.29, 0.717) is 5.56 Å². The summed E-state index contributed by atoms with van der Waals surface area (Å²) in [5.74, 6) is -2.74. The molecule has 0 fully saturated rings. The number of amides is 2. The summed E-state index contributed by atoms with van der Waals surface area (Å²) < 4.78 is 14.8. The number of ketones is 1. The average Bonchev–Trinajstić information content (AvgIpc) is 2.89. The van der Waals surface area contributed by atoms with E-state index >= 15 is 0 Å². The molecule has 146 valence electrons. The van der Waals surface area contributed by atoms with E-state index in [4.69, 9.17) is 5.26 Å². The second-order valence-electron chi connectivity index (χ2n) is 7.42. The minimum Gasteiger partial charge on any atom is -0.347 e. The van der Waals surface area contributed by atoms with E-state index in [0.717, 1.165) is 6.07 Å². The molecule has 2 aromatic rings. The van der Waals surface area contributed by atoms with E-state index in [9.17, 15) is 18.8 Å². The number of anilines is 1. The normalized spacial score (nSPS) is 10.9. The summed E-state index contributed by atoms with van der Waals surface area (Å²) in [6.07, 6.45) is 1.44. The van der Waals surface area contributed by atoms with Crippen molar-refractivity contribution in [2.24, 2.45) is 7.05 Å². The fourth-order valence-corrected chi connectivity index (χ4v) is 2.70. The van der Waals surface area contributed by atoms with Crippen LogP contribution in [0.2, 0.25) is 0 Å². The van der Waals surface area contributed by atoms with Crippen LogP contribution >= 0.6 is 0 Å². The quantitative estimate of drug-likeness (QED) is 0.625. The molecule has 1 aromatic heterocycles. The van der Waals surface area contributed by atoms with Gasteiger partial charge in [0.2, 0.25) is 0 Å². The smallest absolute Gasteiger partial charge is 0.294 e. The van der Waals surface area contributed by atoms with Gasteiger partial charge in [0, 0.05) is 24.5 Å². The number of nitriles is 1. The van der Waals surface area contributed by atoms with Gasteiger partial charge in [0.05, 0.1) is 16.8 Å². The Morgan fingerprint density at radius 1 is 1.21 bits per heavy atom. The molecule has 0 saturated heterocycles. The number of nitrogens with zero attached hydrogens (tertiary/aromatic N) is 2. The fraction of sp³-hybridized carbons (Fsp3) is 0.300. The van der Waals surface area contributed by atoms with Gasteiger partial charge in [-0.2, -0.15) is 5.26 Å². The van der Waals surface area contributed by atoms with E-state index in [-0.39, 0.29) is 22.5 Å². The van der Waals surface area contributed by atoms with Crippen molar-refractivity contribution in [2.75, 3.05) is 5.32 Å². The standard InChI is InChI=1S/C20H21FN4O3/c1-11-14(18(27)23-13-6-7-15(21)12(8-13)9-22)10-25(5)16(11)17(26)19(28)24-20(2,3)4/h6-8,10H,1-5H3,(H,23,27)(H,24,28). The molecule has 0 bridgehead atoms. The number of hydrogen-bond donors (Lipinski definition) is 2.